The van der Waals surface area contributed by atoms with Gasteiger partial charge in [0.1, 0.15) is 0 Å². The molecule has 0 saturated carbocycles. The quantitative estimate of drug-likeness (QED) is 0.636. The number of hydrogen-bond acceptors (Lipinski definition) is 0. The van der Waals surface area contributed by atoms with Crippen molar-refractivity contribution >= 4 is 35.3 Å². The van der Waals surface area contributed by atoms with Crippen molar-refractivity contribution in [3.63, 3.8) is 0 Å². The van der Waals surface area contributed by atoms with Crippen LogP contribution in [0.4, 0.5) is 0 Å². The van der Waals surface area contributed by atoms with Crippen LogP contribution >= 0.6 is 17.8 Å². The zero-order valence-electron chi connectivity index (χ0n) is 5.67. The van der Waals surface area contributed by atoms with E-state index in [4.69, 9.17) is 17.8 Å². The van der Waals surface area contributed by atoms with Gasteiger partial charge in [0.2, 0.25) is 0 Å². The summed E-state index contributed by atoms with van der Waals surface area (Å²) < 4.78 is 0. The Morgan fingerprint density at radius 1 is 1.12 bits per heavy atom. The molecule has 0 aromatic carbocycles. The Bertz CT molecular complexity index is 26.9. The zero-order valence-corrected chi connectivity index (χ0v) is 10.0. The minimum atomic E-state index is -1.60. The van der Waals surface area contributed by atoms with E-state index in [1.807, 2.05) is 4.94 Å². The molecular formula is C5H13Cl2Sn. The fourth-order valence-electron chi connectivity index (χ4n) is 0. The van der Waals surface area contributed by atoms with Crippen molar-refractivity contribution in [3.8, 4) is 0 Å². The maximum absolute atomic E-state index is 5.24. The topological polar surface area (TPSA) is 0 Å². The molecule has 1 radical (unpaired) electrons. The Labute approximate surface area is 66.7 Å². The normalized spacial score (nSPS) is 8.25. The van der Waals surface area contributed by atoms with Crippen LogP contribution in [0.3, 0.4) is 0 Å². The first-order valence-electron chi connectivity index (χ1n) is 2.79. The average molecular weight is 263 g/mol. The Hall–Kier alpha value is 1.38. The van der Waals surface area contributed by atoms with Crippen molar-refractivity contribution in [1.29, 1.82) is 0 Å². The summed E-state index contributed by atoms with van der Waals surface area (Å²) in [5, 5.41) is 0. The van der Waals surface area contributed by atoms with Crippen LogP contribution in [0, 0.1) is 0 Å². The molecule has 0 bridgehead atoms. The number of rotatable bonds is 1. The Balaban J connectivity index is 0. The summed E-state index contributed by atoms with van der Waals surface area (Å²) in [6.45, 7) is 4.36. The summed E-state index contributed by atoms with van der Waals surface area (Å²) in [4.78, 5) is 1.89. The van der Waals surface area contributed by atoms with Gasteiger partial charge in [-0.2, -0.15) is 0 Å². The third-order valence-corrected chi connectivity index (χ3v) is 0.500. The van der Waals surface area contributed by atoms with Crippen LogP contribution in [0.25, 0.3) is 0 Å². The van der Waals surface area contributed by atoms with Crippen LogP contribution in [-0.2, 0) is 0 Å². The van der Waals surface area contributed by atoms with Crippen molar-refractivity contribution in [2.75, 3.05) is 0 Å². The molecule has 0 amide bonds. The minimum absolute atomic E-state index is 1.32. The zero-order chi connectivity index (χ0) is 6.99. The van der Waals surface area contributed by atoms with Crippen LogP contribution < -0.4 is 0 Å². The van der Waals surface area contributed by atoms with Gasteiger partial charge < -0.3 is 0 Å². The van der Waals surface area contributed by atoms with Gasteiger partial charge in [0, 0.05) is 0 Å². The Morgan fingerprint density at radius 2 is 1.25 bits per heavy atom. The van der Waals surface area contributed by atoms with Crippen molar-refractivity contribution in [1.82, 2.24) is 0 Å². The molecule has 0 aliphatic rings. The second-order valence-corrected chi connectivity index (χ2v) is 12.9. The number of halogens is 2. The molecule has 0 heterocycles. The summed E-state index contributed by atoms with van der Waals surface area (Å²) >= 11 is -1.60. The van der Waals surface area contributed by atoms with Gasteiger partial charge in [-0.3, -0.25) is 0 Å². The molecule has 0 aliphatic heterocycles. The predicted octanol–water partition coefficient (Wildman–Crippen LogP) is 3.39. The van der Waals surface area contributed by atoms with Gasteiger partial charge >= 0.3 is 40.3 Å². The third-order valence-electron chi connectivity index (χ3n) is 0.500. The molecule has 0 saturated heterocycles. The van der Waals surface area contributed by atoms with Gasteiger partial charge in [0.15, 0.2) is 0 Å². The van der Waals surface area contributed by atoms with Crippen LogP contribution in [0.1, 0.15) is 26.7 Å². The summed E-state index contributed by atoms with van der Waals surface area (Å²) in [5.74, 6) is 0. The van der Waals surface area contributed by atoms with E-state index in [9.17, 15) is 0 Å². The van der Waals surface area contributed by atoms with E-state index >= 15 is 0 Å². The van der Waals surface area contributed by atoms with Gasteiger partial charge in [-0.1, -0.05) is 26.7 Å². The molecule has 8 heavy (non-hydrogen) atoms. The van der Waals surface area contributed by atoms with E-state index < -0.39 is 17.5 Å². The standard InChI is InChI=1S/C4H10.CH3.2ClH.Sn/c1-3-4-2;;;;/h3-4H2,1-2H3;1H3;2*1H;/q;;;;+2/p-2. The van der Waals surface area contributed by atoms with Crippen LogP contribution in [0.15, 0.2) is 0 Å². The van der Waals surface area contributed by atoms with E-state index in [1.54, 1.807) is 0 Å². The molecule has 0 spiro atoms. The second-order valence-electron chi connectivity index (χ2n) is 1.45. The summed E-state index contributed by atoms with van der Waals surface area (Å²) in [6, 6.07) is 0. The van der Waals surface area contributed by atoms with Gasteiger partial charge in [0.25, 0.3) is 0 Å². The molecule has 0 aromatic heterocycles. The van der Waals surface area contributed by atoms with Crippen LogP contribution in [0.2, 0.25) is 4.94 Å². The van der Waals surface area contributed by atoms with Crippen molar-refractivity contribution in [2.24, 2.45) is 0 Å². The van der Waals surface area contributed by atoms with Crippen molar-refractivity contribution in [2.45, 2.75) is 31.6 Å². The SMILES string of the molecule is CCCC.[CH3][Sn]([Cl])[Cl]. The van der Waals surface area contributed by atoms with Gasteiger partial charge in [0.05, 0.1) is 0 Å². The maximum atomic E-state index is 5.24. The van der Waals surface area contributed by atoms with Crippen molar-refractivity contribution < 1.29 is 0 Å². The summed E-state index contributed by atoms with van der Waals surface area (Å²) in [6.07, 6.45) is 2.64. The number of hydrogen-bond donors (Lipinski definition) is 0. The van der Waals surface area contributed by atoms with E-state index in [1.165, 1.54) is 12.8 Å². The molecule has 0 rings (SSSR count). The second kappa shape index (κ2) is 11.2. The van der Waals surface area contributed by atoms with Gasteiger partial charge in [-0.15, -0.1) is 0 Å². The van der Waals surface area contributed by atoms with E-state index in [2.05, 4.69) is 13.8 Å². The molecular weight excluding hydrogens is 250 g/mol. The van der Waals surface area contributed by atoms with Gasteiger partial charge in [-0.05, 0) is 0 Å². The monoisotopic (exact) mass is 263 g/mol. The molecule has 3 heteroatoms. The molecule has 0 N–H and O–H groups in total. The van der Waals surface area contributed by atoms with E-state index in [-0.39, 0.29) is 0 Å². The molecule has 0 unspecified atom stereocenters. The average Bonchev–Trinajstić information content (AvgIpc) is 1.65. The third kappa shape index (κ3) is 53.1. The molecule has 0 nitrogen and oxygen atoms in total. The fraction of sp³-hybridized carbons (Fsp3) is 1.00. The van der Waals surface area contributed by atoms with Crippen LogP contribution in [0.5, 0.6) is 0 Å². The Kier molecular flexibility index (Phi) is 16.9. The van der Waals surface area contributed by atoms with E-state index in [0.29, 0.717) is 0 Å². The molecule has 0 aromatic rings. The first kappa shape index (κ1) is 12.1. The Morgan fingerprint density at radius 3 is 1.25 bits per heavy atom. The fourth-order valence-corrected chi connectivity index (χ4v) is 0. The van der Waals surface area contributed by atoms with Gasteiger partial charge in [-0.25, -0.2) is 0 Å². The summed E-state index contributed by atoms with van der Waals surface area (Å²) in [7, 11) is 10.5. The first-order valence-corrected chi connectivity index (χ1v) is 12.9. The molecule has 51 valence electrons. The van der Waals surface area contributed by atoms with Crippen LogP contribution in [-0.4, -0.2) is 17.5 Å². The first-order chi connectivity index (χ1) is 3.65. The summed E-state index contributed by atoms with van der Waals surface area (Å²) in [5.41, 5.74) is 0. The predicted molar refractivity (Wildman–Crippen MR) is 43.9 cm³/mol. The van der Waals surface area contributed by atoms with E-state index in [0.717, 1.165) is 0 Å². The molecule has 0 fully saturated rings. The molecule has 0 atom stereocenters. The molecule has 0 aliphatic carbocycles. The van der Waals surface area contributed by atoms with Crippen molar-refractivity contribution in [3.05, 3.63) is 0 Å². The number of unbranched alkanes of at least 4 members (excludes halogenated alkanes) is 1.